The second-order valence-corrected chi connectivity index (χ2v) is 4.24. The Hall–Kier alpha value is -1.90. The van der Waals surface area contributed by atoms with Gasteiger partial charge in [0.15, 0.2) is 0 Å². The fourth-order valence-corrected chi connectivity index (χ4v) is 1.75. The molecule has 1 unspecified atom stereocenters. The molecule has 0 fully saturated rings. The van der Waals surface area contributed by atoms with Crippen molar-refractivity contribution in [2.45, 2.75) is 26.8 Å². The van der Waals surface area contributed by atoms with Gasteiger partial charge in [-0.3, -0.25) is 9.97 Å². The SMILES string of the molecule is Cc1cccc(NC(C)c2cnccn2)c1C. The number of benzene rings is 1. The molecule has 0 spiro atoms. The predicted octanol–water partition coefficient (Wildman–Crippen LogP) is 3.27. The summed E-state index contributed by atoms with van der Waals surface area (Å²) < 4.78 is 0. The molecule has 0 aliphatic heterocycles. The lowest BCUT2D eigenvalue weighted by Gasteiger charge is -2.17. The van der Waals surface area contributed by atoms with Crippen LogP contribution in [0.15, 0.2) is 36.8 Å². The number of nitrogens with zero attached hydrogens (tertiary/aromatic N) is 2. The third-order valence-corrected chi connectivity index (χ3v) is 3.00. The third-order valence-electron chi connectivity index (χ3n) is 3.00. The molecule has 0 aliphatic carbocycles. The van der Waals surface area contributed by atoms with Gasteiger partial charge in [0.2, 0.25) is 0 Å². The predicted molar refractivity (Wildman–Crippen MR) is 70.0 cm³/mol. The van der Waals surface area contributed by atoms with Gasteiger partial charge in [-0.2, -0.15) is 0 Å². The van der Waals surface area contributed by atoms with E-state index in [1.807, 2.05) is 0 Å². The van der Waals surface area contributed by atoms with Gasteiger partial charge in [0, 0.05) is 18.1 Å². The average molecular weight is 227 g/mol. The summed E-state index contributed by atoms with van der Waals surface area (Å²) in [6.07, 6.45) is 5.20. The maximum atomic E-state index is 4.30. The molecule has 0 bridgehead atoms. The molecule has 17 heavy (non-hydrogen) atoms. The van der Waals surface area contributed by atoms with E-state index in [1.165, 1.54) is 11.1 Å². The van der Waals surface area contributed by atoms with Crippen LogP contribution in [0.25, 0.3) is 0 Å². The lowest BCUT2D eigenvalue weighted by atomic mass is 10.1. The summed E-state index contributed by atoms with van der Waals surface area (Å²) >= 11 is 0. The molecular formula is C14H17N3. The quantitative estimate of drug-likeness (QED) is 0.874. The summed E-state index contributed by atoms with van der Waals surface area (Å²) in [5.74, 6) is 0. The molecule has 0 saturated heterocycles. The second-order valence-electron chi connectivity index (χ2n) is 4.24. The lowest BCUT2D eigenvalue weighted by Crippen LogP contribution is -2.09. The molecular weight excluding hydrogens is 210 g/mol. The Morgan fingerprint density at radius 3 is 2.71 bits per heavy atom. The van der Waals surface area contributed by atoms with Crippen molar-refractivity contribution < 1.29 is 0 Å². The second kappa shape index (κ2) is 4.95. The van der Waals surface area contributed by atoms with Gasteiger partial charge in [0.1, 0.15) is 0 Å². The van der Waals surface area contributed by atoms with E-state index in [9.17, 15) is 0 Å². The van der Waals surface area contributed by atoms with Gasteiger partial charge in [-0.25, -0.2) is 0 Å². The molecule has 2 aromatic rings. The zero-order chi connectivity index (χ0) is 12.3. The molecule has 0 aliphatic rings. The van der Waals surface area contributed by atoms with E-state index in [1.54, 1.807) is 18.6 Å². The minimum absolute atomic E-state index is 0.157. The van der Waals surface area contributed by atoms with E-state index in [2.05, 4.69) is 54.3 Å². The molecule has 1 atom stereocenters. The van der Waals surface area contributed by atoms with Crippen LogP contribution >= 0.6 is 0 Å². The van der Waals surface area contributed by atoms with E-state index >= 15 is 0 Å². The highest BCUT2D eigenvalue weighted by Crippen LogP contribution is 2.22. The Labute approximate surface area is 102 Å². The molecule has 1 aromatic carbocycles. The smallest absolute Gasteiger partial charge is 0.0806 e. The van der Waals surface area contributed by atoms with Crippen LogP contribution in [0.3, 0.4) is 0 Å². The largest absolute Gasteiger partial charge is 0.377 e. The van der Waals surface area contributed by atoms with Gasteiger partial charge in [-0.15, -0.1) is 0 Å². The van der Waals surface area contributed by atoms with Crippen LogP contribution in [0.4, 0.5) is 5.69 Å². The van der Waals surface area contributed by atoms with E-state index in [0.29, 0.717) is 0 Å². The Kier molecular flexibility index (Phi) is 3.38. The van der Waals surface area contributed by atoms with Gasteiger partial charge in [-0.1, -0.05) is 12.1 Å². The Balaban J connectivity index is 2.19. The number of hydrogen-bond acceptors (Lipinski definition) is 3. The first-order valence-corrected chi connectivity index (χ1v) is 5.77. The van der Waals surface area contributed by atoms with Gasteiger partial charge in [-0.05, 0) is 38.0 Å². The fraction of sp³-hybridized carbons (Fsp3) is 0.286. The zero-order valence-corrected chi connectivity index (χ0v) is 10.4. The molecule has 1 aromatic heterocycles. The number of rotatable bonds is 3. The maximum absolute atomic E-state index is 4.30. The van der Waals surface area contributed by atoms with Crippen molar-refractivity contribution in [3.05, 3.63) is 53.6 Å². The van der Waals surface area contributed by atoms with Crippen molar-refractivity contribution in [1.82, 2.24) is 9.97 Å². The number of hydrogen-bond donors (Lipinski definition) is 1. The van der Waals surface area contributed by atoms with Crippen LogP contribution in [-0.4, -0.2) is 9.97 Å². The summed E-state index contributed by atoms with van der Waals surface area (Å²) in [7, 11) is 0. The number of aromatic nitrogens is 2. The van der Waals surface area contributed by atoms with Crippen molar-refractivity contribution in [2.24, 2.45) is 0 Å². The lowest BCUT2D eigenvalue weighted by molar-refractivity contribution is 0.826. The molecule has 3 heteroatoms. The summed E-state index contributed by atoms with van der Waals surface area (Å²) in [6.45, 7) is 6.33. The van der Waals surface area contributed by atoms with E-state index in [0.717, 1.165) is 11.4 Å². The van der Waals surface area contributed by atoms with Gasteiger partial charge < -0.3 is 5.32 Å². The molecule has 0 saturated carbocycles. The third kappa shape index (κ3) is 2.61. The summed E-state index contributed by atoms with van der Waals surface area (Å²) in [5, 5.41) is 3.46. The average Bonchev–Trinajstić information content (AvgIpc) is 2.36. The van der Waals surface area contributed by atoms with Gasteiger partial charge >= 0.3 is 0 Å². The van der Waals surface area contributed by atoms with Crippen LogP contribution in [0.5, 0.6) is 0 Å². The highest BCUT2D eigenvalue weighted by Gasteiger charge is 2.08. The first kappa shape index (κ1) is 11.6. The van der Waals surface area contributed by atoms with E-state index in [-0.39, 0.29) is 6.04 Å². The minimum Gasteiger partial charge on any atom is -0.377 e. The van der Waals surface area contributed by atoms with Crippen molar-refractivity contribution in [3.63, 3.8) is 0 Å². The first-order chi connectivity index (χ1) is 8.18. The fourth-order valence-electron chi connectivity index (χ4n) is 1.75. The molecule has 88 valence electrons. The summed E-state index contributed by atoms with van der Waals surface area (Å²) in [5.41, 5.74) is 4.68. The highest BCUT2D eigenvalue weighted by molar-refractivity contribution is 5.54. The topological polar surface area (TPSA) is 37.8 Å². The summed E-state index contributed by atoms with van der Waals surface area (Å²) in [4.78, 5) is 8.39. The van der Waals surface area contributed by atoms with Crippen molar-refractivity contribution in [2.75, 3.05) is 5.32 Å². The van der Waals surface area contributed by atoms with E-state index in [4.69, 9.17) is 0 Å². The molecule has 2 rings (SSSR count). The number of nitrogens with one attached hydrogen (secondary N) is 1. The Bertz CT molecular complexity index is 494. The molecule has 3 nitrogen and oxygen atoms in total. The van der Waals surface area contributed by atoms with E-state index < -0.39 is 0 Å². The van der Waals surface area contributed by atoms with Crippen LogP contribution in [-0.2, 0) is 0 Å². The zero-order valence-electron chi connectivity index (χ0n) is 10.4. The first-order valence-electron chi connectivity index (χ1n) is 5.77. The molecule has 0 radical (unpaired) electrons. The minimum atomic E-state index is 0.157. The van der Waals surface area contributed by atoms with Crippen LogP contribution < -0.4 is 5.32 Å². The normalized spacial score (nSPS) is 12.2. The number of aryl methyl sites for hydroxylation is 1. The molecule has 1 heterocycles. The van der Waals surface area contributed by atoms with Crippen LogP contribution in [0, 0.1) is 13.8 Å². The monoisotopic (exact) mass is 227 g/mol. The molecule has 1 N–H and O–H groups in total. The highest BCUT2D eigenvalue weighted by atomic mass is 14.9. The van der Waals surface area contributed by atoms with Gasteiger partial charge in [0.05, 0.1) is 17.9 Å². The Morgan fingerprint density at radius 2 is 2.00 bits per heavy atom. The van der Waals surface area contributed by atoms with Crippen molar-refractivity contribution >= 4 is 5.69 Å². The summed E-state index contributed by atoms with van der Waals surface area (Å²) in [6, 6.07) is 6.43. The van der Waals surface area contributed by atoms with Crippen LogP contribution in [0.2, 0.25) is 0 Å². The number of anilines is 1. The van der Waals surface area contributed by atoms with Crippen LogP contribution in [0.1, 0.15) is 29.8 Å². The molecule has 0 amide bonds. The maximum Gasteiger partial charge on any atom is 0.0806 e. The Morgan fingerprint density at radius 1 is 1.18 bits per heavy atom. The standard InChI is InChI=1S/C14H17N3/c1-10-5-4-6-13(11(10)2)17-12(3)14-9-15-7-8-16-14/h4-9,12,17H,1-3H3. The van der Waals surface area contributed by atoms with Crippen molar-refractivity contribution in [1.29, 1.82) is 0 Å². The van der Waals surface area contributed by atoms with Gasteiger partial charge in [0.25, 0.3) is 0 Å². The van der Waals surface area contributed by atoms with Crippen molar-refractivity contribution in [3.8, 4) is 0 Å².